The number of aliphatic hydroxyl groups excluding tert-OH is 1. The van der Waals surface area contributed by atoms with E-state index in [-0.39, 0.29) is 22.3 Å². The highest BCUT2D eigenvalue weighted by Gasteiger charge is 2.17. The predicted molar refractivity (Wildman–Crippen MR) is 69.1 cm³/mol. The largest absolute Gasteiger partial charge is 0.388 e. The van der Waals surface area contributed by atoms with E-state index in [1.807, 2.05) is 0 Å². The molecule has 1 unspecified atom stereocenters. The van der Waals surface area contributed by atoms with Crippen LogP contribution in [-0.2, 0) is 6.42 Å². The molecule has 100 valence electrons. The maximum absolute atomic E-state index is 13.4. The summed E-state index contributed by atoms with van der Waals surface area (Å²) in [6.45, 7) is 0. The van der Waals surface area contributed by atoms with Crippen molar-refractivity contribution < 1.29 is 18.3 Å². The van der Waals surface area contributed by atoms with Gasteiger partial charge in [-0.2, -0.15) is 0 Å². The minimum absolute atomic E-state index is 0.0953. The van der Waals surface area contributed by atoms with E-state index in [2.05, 4.69) is 15.9 Å². The van der Waals surface area contributed by atoms with Gasteiger partial charge in [-0.1, -0.05) is 18.2 Å². The molecule has 1 nitrogen and oxygen atoms in total. The van der Waals surface area contributed by atoms with Crippen LogP contribution in [0.25, 0.3) is 0 Å². The molecule has 2 aromatic carbocycles. The lowest BCUT2D eigenvalue weighted by Gasteiger charge is -2.13. The lowest BCUT2D eigenvalue weighted by atomic mass is 10.0. The van der Waals surface area contributed by atoms with Gasteiger partial charge in [0.2, 0.25) is 0 Å². The summed E-state index contributed by atoms with van der Waals surface area (Å²) < 4.78 is 39.0. The molecule has 0 saturated carbocycles. The van der Waals surface area contributed by atoms with Crippen molar-refractivity contribution in [2.75, 3.05) is 0 Å². The fraction of sp³-hybridized carbons (Fsp3) is 0.143. The molecule has 0 radical (unpaired) electrons. The molecular formula is C14H10BrF3O. The molecule has 1 atom stereocenters. The van der Waals surface area contributed by atoms with Crippen LogP contribution in [0.4, 0.5) is 13.2 Å². The van der Waals surface area contributed by atoms with Gasteiger partial charge in [0, 0.05) is 6.42 Å². The molecule has 0 aliphatic heterocycles. The first kappa shape index (κ1) is 14.1. The molecule has 0 spiro atoms. The Balaban J connectivity index is 2.23. The third kappa shape index (κ3) is 3.16. The van der Waals surface area contributed by atoms with Crippen molar-refractivity contribution in [1.29, 1.82) is 0 Å². The van der Waals surface area contributed by atoms with Gasteiger partial charge in [-0.15, -0.1) is 0 Å². The zero-order valence-corrected chi connectivity index (χ0v) is 11.3. The molecule has 0 saturated heterocycles. The van der Waals surface area contributed by atoms with Crippen LogP contribution >= 0.6 is 15.9 Å². The number of rotatable bonds is 3. The molecular weight excluding hydrogens is 321 g/mol. The number of benzene rings is 2. The Labute approximate surface area is 116 Å². The SMILES string of the molecule is OC(Cc1ccc(F)cc1)c1ccc(F)c(F)c1Br. The summed E-state index contributed by atoms with van der Waals surface area (Å²) >= 11 is 2.92. The summed E-state index contributed by atoms with van der Waals surface area (Å²) in [5.74, 6) is -2.38. The molecule has 2 rings (SSSR count). The number of aliphatic hydroxyl groups is 1. The monoisotopic (exact) mass is 330 g/mol. The Morgan fingerprint density at radius 1 is 1.00 bits per heavy atom. The normalized spacial score (nSPS) is 12.5. The molecule has 0 fully saturated rings. The topological polar surface area (TPSA) is 20.2 Å². The van der Waals surface area contributed by atoms with Crippen molar-refractivity contribution in [3.8, 4) is 0 Å². The summed E-state index contributed by atoms with van der Waals surface area (Å²) in [4.78, 5) is 0. The zero-order chi connectivity index (χ0) is 14.0. The van der Waals surface area contributed by atoms with Crippen molar-refractivity contribution in [3.63, 3.8) is 0 Å². The van der Waals surface area contributed by atoms with Gasteiger partial charge in [-0.3, -0.25) is 0 Å². The fourth-order valence-corrected chi connectivity index (χ4v) is 2.34. The van der Waals surface area contributed by atoms with E-state index in [4.69, 9.17) is 0 Å². The van der Waals surface area contributed by atoms with Crippen LogP contribution in [0.1, 0.15) is 17.2 Å². The van der Waals surface area contributed by atoms with Gasteiger partial charge in [0.25, 0.3) is 0 Å². The molecule has 0 bridgehead atoms. The first-order chi connectivity index (χ1) is 8.99. The van der Waals surface area contributed by atoms with Crippen LogP contribution in [0.5, 0.6) is 0 Å². The molecule has 0 aromatic heterocycles. The standard InChI is InChI=1S/C14H10BrF3O/c15-13-10(5-6-11(17)14(13)18)12(19)7-8-1-3-9(16)4-2-8/h1-6,12,19H,7H2. The first-order valence-electron chi connectivity index (χ1n) is 5.55. The third-order valence-electron chi connectivity index (χ3n) is 2.77. The van der Waals surface area contributed by atoms with Gasteiger partial charge in [0.1, 0.15) is 5.82 Å². The van der Waals surface area contributed by atoms with E-state index < -0.39 is 17.7 Å². The van der Waals surface area contributed by atoms with Crippen LogP contribution in [-0.4, -0.2) is 5.11 Å². The quantitative estimate of drug-likeness (QED) is 0.838. The van der Waals surface area contributed by atoms with Crippen molar-refractivity contribution in [3.05, 3.63) is 69.4 Å². The second-order valence-corrected chi connectivity index (χ2v) is 4.90. The van der Waals surface area contributed by atoms with E-state index in [1.54, 1.807) is 0 Å². The molecule has 0 heterocycles. The molecule has 19 heavy (non-hydrogen) atoms. The number of hydrogen-bond donors (Lipinski definition) is 1. The summed E-state index contributed by atoms with van der Waals surface area (Å²) in [6.07, 6.45) is -0.820. The maximum Gasteiger partial charge on any atom is 0.173 e. The van der Waals surface area contributed by atoms with Crippen LogP contribution in [0.3, 0.4) is 0 Å². The van der Waals surface area contributed by atoms with Crippen molar-refractivity contribution in [2.24, 2.45) is 0 Å². The second kappa shape index (κ2) is 5.75. The Morgan fingerprint density at radius 2 is 1.63 bits per heavy atom. The van der Waals surface area contributed by atoms with Crippen molar-refractivity contribution >= 4 is 15.9 Å². The Bertz CT molecular complexity index is 584. The lowest BCUT2D eigenvalue weighted by molar-refractivity contribution is 0.177. The second-order valence-electron chi connectivity index (χ2n) is 4.11. The zero-order valence-electron chi connectivity index (χ0n) is 9.71. The Kier molecular flexibility index (Phi) is 4.27. The van der Waals surface area contributed by atoms with Crippen LogP contribution < -0.4 is 0 Å². The average Bonchev–Trinajstić information content (AvgIpc) is 2.39. The Hall–Kier alpha value is -1.33. The predicted octanol–water partition coefficient (Wildman–Crippen LogP) is 4.14. The van der Waals surface area contributed by atoms with Gasteiger partial charge in [-0.05, 0) is 45.3 Å². The summed E-state index contributed by atoms with van der Waals surface area (Å²) in [6, 6.07) is 7.91. The van der Waals surface area contributed by atoms with E-state index in [9.17, 15) is 18.3 Å². The number of halogens is 4. The minimum atomic E-state index is -1.03. The van der Waals surface area contributed by atoms with E-state index in [1.165, 1.54) is 30.3 Å². The minimum Gasteiger partial charge on any atom is -0.388 e. The summed E-state index contributed by atoms with van der Waals surface area (Å²) in [5, 5.41) is 10.0. The van der Waals surface area contributed by atoms with E-state index in [0.717, 1.165) is 6.07 Å². The van der Waals surface area contributed by atoms with Gasteiger partial charge in [-0.25, -0.2) is 13.2 Å². The van der Waals surface area contributed by atoms with Crippen LogP contribution in [0.2, 0.25) is 0 Å². The molecule has 1 N–H and O–H groups in total. The smallest absolute Gasteiger partial charge is 0.173 e. The molecule has 0 amide bonds. The highest BCUT2D eigenvalue weighted by atomic mass is 79.9. The van der Waals surface area contributed by atoms with Crippen LogP contribution in [0.15, 0.2) is 40.9 Å². The maximum atomic E-state index is 13.4. The third-order valence-corrected chi connectivity index (χ3v) is 3.57. The Morgan fingerprint density at radius 3 is 2.26 bits per heavy atom. The van der Waals surface area contributed by atoms with Crippen molar-refractivity contribution in [2.45, 2.75) is 12.5 Å². The molecule has 5 heteroatoms. The highest BCUT2D eigenvalue weighted by molar-refractivity contribution is 9.10. The average molecular weight is 331 g/mol. The van der Waals surface area contributed by atoms with E-state index >= 15 is 0 Å². The van der Waals surface area contributed by atoms with Gasteiger partial charge < -0.3 is 5.11 Å². The highest BCUT2D eigenvalue weighted by Crippen LogP contribution is 2.29. The molecule has 2 aromatic rings. The molecule has 0 aliphatic rings. The first-order valence-corrected chi connectivity index (χ1v) is 6.34. The van der Waals surface area contributed by atoms with E-state index in [0.29, 0.717) is 5.56 Å². The van der Waals surface area contributed by atoms with Gasteiger partial charge in [0.05, 0.1) is 10.6 Å². The fourth-order valence-electron chi connectivity index (χ4n) is 1.75. The summed E-state index contributed by atoms with van der Waals surface area (Å²) in [7, 11) is 0. The molecule has 0 aliphatic carbocycles. The number of hydrogen-bond acceptors (Lipinski definition) is 1. The van der Waals surface area contributed by atoms with Crippen molar-refractivity contribution in [1.82, 2.24) is 0 Å². The van der Waals surface area contributed by atoms with Crippen LogP contribution in [0, 0.1) is 17.5 Å². The lowest BCUT2D eigenvalue weighted by Crippen LogP contribution is -2.04. The van der Waals surface area contributed by atoms with Gasteiger partial charge >= 0.3 is 0 Å². The van der Waals surface area contributed by atoms with Gasteiger partial charge in [0.15, 0.2) is 11.6 Å². The summed E-state index contributed by atoms with van der Waals surface area (Å²) in [5.41, 5.74) is 0.953.